The van der Waals surface area contributed by atoms with E-state index in [0.29, 0.717) is 0 Å². The quantitative estimate of drug-likeness (QED) is 0.614. The first-order valence-electron chi connectivity index (χ1n) is 3.27. The predicted molar refractivity (Wildman–Crippen MR) is 43.0 cm³/mol. The summed E-state index contributed by atoms with van der Waals surface area (Å²) in [4.78, 5) is 0. The summed E-state index contributed by atoms with van der Waals surface area (Å²) in [5, 5.41) is 8.74. The van der Waals surface area contributed by atoms with Crippen molar-refractivity contribution in [1.29, 1.82) is 0 Å². The van der Waals surface area contributed by atoms with Gasteiger partial charge in [0.1, 0.15) is 0 Å². The molecular formula is C5H15NO5S. The minimum atomic E-state index is -3.99. The van der Waals surface area contributed by atoms with Crippen LogP contribution in [-0.4, -0.2) is 26.4 Å². The SMILES string of the molecule is CCOS(=O)(=O)OC(O)CC.N. The Morgan fingerprint density at radius 2 is 1.92 bits per heavy atom. The van der Waals surface area contributed by atoms with Gasteiger partial charge in [0, 0.05) is 0 Å². The largest absolute Gasteiger partial charge is 0.402 e. The van der Waals surface area contributed by atoms with Crippen LogP contribution in [0.1, 0.15) is 20.3 Å². The fourth-order valence-electron chi connectivity index (χ4n) is 0.376. The minimum Gasteiger partial charge on any atom is -0.367 e. The molecule has 0 aromatic rings. The smallest absolute Gasteiger partial charge is 0.367 e. The van der Waals surface area contributed by atoms with E-state index in [9.17, 15) is 8.42 Å². The Morgan fingerprint density at radius 3 is 2.25 bits per heavy atom. The van der Waals surface area contributed by atoms with Crippen molar-refractivity contribution in [2.45, 2.75) is 26.6 Å². The van der Waals surface area contributed by atoms with E-state index in [1.165, 1.54) is 6.92 Å². The Labute approximate surface area is 72.4 Å². The molecule has 0 aliphatic rings. The van der Waals surface area contributed by atoms with Crippen LogP contribution >= 0.6 is 0 Å². The third-order valence-corrected chi connectivity index (χ3v) is 1.82. The molecule has 1 unspecified atom stereocenters. The molecule has 0 bridgehead atoms. The van der Waals surface area contributed by atoms with Crippen molar-refractivity contribution in [3.8, 4) is 0 Å². The number of rotatable bonds is 5. The van der Waals surface area contributed by atoms with Crippen molar-refractivity contribution >= 4 is 10.4 Å². The monoisotopic (exact) mass is 201 g/mol. The molecule has 0 fully saturated rings. The van der Waals surface area contributed by atoms with E-state index in [2.05, 4.69) is 8.37 Å². The average molecular weight is 201 g/mol. The molecule has 76 valence electrons. The number of hydrogen-bond acceptors (Lipinski definition) is 6. The van der Waals surface area contributed by atoms with Crippen LogP contribution in [0.4, 0.5) is 0 Å². The summed E-state index contributed by atoms with van der Waals surface area (Å²) in [5.74, 6) is 0. The fraction of sp³-hybridized carbons (Fsp3) is 1.00. The lowest BCUT2D eigenvalue weighted by molar-refractivity contribution is -0.0248. The molecule has 0 heterocycles. The second-order valence-corrected chi connectivity index (χ2v) is 3.02. The lowest BCUT2D eigenvalue weighted by Crippen LogP contribution is -2.18. The van der Waals surface area contributed by atoms with Crippen molar-refractivity contribution in [2.75, 3.05) is 6.61 Å². The molecule has 0 aromatic heterocycles. The molecule has 7 heteroatoms. The molecule has 0 aliphatic heterocycles. The molecule has 12 heavy (non-hydrogen) atoms. The van der Waals surface area contributed by atoms with Gasteiger partial charge in [0.15, 0.2) is 6.29 Å². The summed E-state index contributed by atoms with van der Waals surface area (Å²) in [7, 11) is -3.99. The predicted octanol–water partition coefficient (Wildman–Crippen LogP) is 0.175. The highest BCUT2D eigenvalue weighted by Crippen LogP contribution is 2.01. The molecule has 4 N–H and O–H groups in total. The van der Waals surface area contributed by atoms with E-state index >= 15 is 0 Å². The molecule has 0 saturated carbocycles. The lowest BCUT2D eigenvalue weighted by atomic mass is 10.5. The standard InChI is InChI=1S/C5H12O5S.H3N/c1-3-5(6)10-11(7,8)9-4-2;/h5-6H,3-4H2,1-2H3;1H3. The summed E-state index contributed by atoms with van der Waals surface area (Å²) < 4.78 is 29.5. The van der Waals surface area contributed by atoms with E-state index in [1.54, 1.807) is 6.92 Å². The van der Waals surface area contributed by atoms with Gasteiger partial charge in [-0.15, -0.1) is 0 Å². The van der Waals surface area contributed by atoms with Gasteiger partial charge in [0.05, 0.1) is 6.61 Å². The third-order valence-electron chi connectivity index (χ3n) is 0.840. The van der Waals surface area contributed by atoms with Crippen LogP contribution in [0.2, 0.25) is 0 Å². The number of aliphatic hydroxyl groups is 1. The first-order chi connectivity index (χ1) is 5.02. The van der Waals surface area contributed by atoms with Gasteiger partial charge >= 0.3 is 10.4 Å². The van der Waals surface area contributed by atoms with E-state index in [4.69, 9.17) is 5.11 Å². The van der Waals surface area contributed by atoms with Crippen molar-refractivity contribution in [1.82, 2.24) is 6.15 Å². The van der Waals surface area contributed by atoms with Crippen LogP contribution in [0, 0.1) is 0 Å². The first-order valence-corrected chi connectivity index (χ1v) is 4.61. The van der Waals surface area contributed by atoms with Crippen LogP contribution in [0.5, 0.6) is 0 Å². The van der Waals surface area contributed by atoms with Crippen molar-refractivity contribution in [2.24, 2.45) is 0 Å². The lowest BCUT2D eigenvalue weighted by Gasteiger charge is -2.07. The Kier molecular flexibility index (Phi) is 7.54. The number of aliphatic hydroxyl groups excluding tert-OH is 1. The van der Waals surface area contributed by atoms with Gasteiger partial charge in [-0.1, -0.05) is 6.92 Å². The van der Waals surface area contributed by atoms with Gasteiger partial charge in [0.2, 0.25) is 0 Å². The maximum atomic E-state index is 10.6. The van der Waals surface area contributed by atoms with Gasteiger partial charge in [0.25, 0.3) is 0 Å². The number of hydrogen-bond donors (Lipinski definition) is 2. The molecular weight excluding hydrogens is 186 g/mol. The summed E-state index contributed by atoms with van der Waals surface area (Å²) in [6.07, 6.45) is -1.11. The Bertz CT molecular complexity index is 190. The first kappa shape index (κ1) is 14.3. The van der Waals surface area contributed by atoms with Crippen molar-refractivity contribution in [3.63, 3.8) is 0 Å². The molecule has 1 atom stereocenters. The highest BCUT2D eigenvalue weighted by molar-refractivity contribution is 7.81. The highest BCUT2D eigenvalue weighted by atomic mass is 32.3. The van der Waals surface area contributed by atoms with Gasteiger partial charge in [-0.05, 0) is 13.3 Å². The summed E-state index contributed by atoms with van der Waals surface area (Å²) in [5.41, 5.74) is 0. The van der Waals surface area contributed by atoms with Gasteiger partial charge in [-0.2, -0.15) is 8.42 Å². The third kappa shape index (κ3) is 6.50. The topological polar surface area (TPSA) is 108 Å². The maximum Gasteiger partial charge on any atom is 0.402 e. The molecule has 0 saturated heterocycles. The zero-order chi connectivity index (χ0) is 8.91. The van der Waals surface area contributed by atoms with E-state index < -0.39 is 16.7 Å². The molecule has 0 amide bonds. The Morgan fingerprint density at radius 1 is 1.42 bits per heavy atom. The molecule has 0 spiro atoms. The fourth-order valence-corrected chi connectivity index (χ4v) is 1.13. The van der Waals surface area contributed by atoms with Crippen LogP contribution in [0.15, 0.2) is 0 Å². The van der Waals surface area contributed by atoms with Crippen LogP contribution in [0.3, 0.4) is 0 Å². The maximum absolute atomic E-state index is 10.6. The Balaban J connectivity index is 0. The average Bonchev–Trinajstić information content (AvgIpc) is 1.86. The zero-order valence-corrected chi connectivity index (χ0v) is 8.00. The minimum absolute atomic E-state index is 0. The summed E-state index contributed by atoms with van der Waals surface area (Å²) in [6.45, 7) is 3.10. The second-order valence-electron chi connectivity index (χ2n) is 1.77. The van der Waals surface area contributed by atoms with Gasteiger partial charge < -0.3 is 11.3 Å². The molecule has 0 aliphatic carbocycles. The van der Waals surface area contributed by atoms with E-state index in [-0.39, 0.29) is 19.2 Å². The summed E-state index contributed by atoms with van der Waals surface area (Å²) >= 11 is 0. The zero-order valence-electron chi connectivity index (χ0n) is 7.19. The normalized spacial score (nSPS) is 13.6. The molecule has 0 rings (SSSR count). The summed E-state index contributed by atoms with van der Waals surface area (Å²) in [6, 6.07) is 0. The second kappa shape index (κ2) is 6.32. The Hall–Kier alpha value is -0.210. The van der Waals surface area contributed by atoms with Crippen molar-refractivity contribution < 1.29 is 21.9 Å². The molecule has 0 radical (unpaired) electrons. The van der Waals surface area contributed by atoms with Crippen LogP contribution < -0.4 is 6.15 Å². The van der Waals surface area contributed by atoms with Gasteiger partial charge in [-0.3, -0.25) is 0 Å². The molecule has 6 nitrogen and oxygen atoms in total. The van der Waals surface area contributed by atoms with Crippen molar-refractivity contribution in [3.05, 3.63) is 0 Å². The van der Waals surface area contributed by atoms with Crippen LogP contribution in [0.25, 0.3) is 0 Å². The van der Waals surface area contributed by atoms with Gasteiger partial charge in [-0.25, -0.2) is 8.37 Å². The van der Waals surface area contributed by atoms with E-state index in [0.717, 1.165) is 0 Å². The highest BCUT2D eigenvalue weighted by Gasteiger charge is 2.15. The van der Waals surface area contributed by atoms with Crippen LogP contribution in [-0.2, 0) is 18.8 Å². The van der Waals surface area contributed by atoms with E-state index in [1.807, 2.05) is 0 Å². The molecule has 0 aromatic carbocycles.